The first-order chi connectivity index (χ1) is 26.6. The van der Waals surface area contributed by atoms with Crippen LogP contribution in [0.15, 0.2) is 97.2 Å². The molecule has 56 heavy (non-hydrogen) atoms. The van der Waals surface area contributed by atoms with Crippen molar-refractivity contribution in [3.63, 3.8) is 0 Å². The highest BCUT2D eigenvalue weighted by molar-refractivity contribution is 6.11. The number of fused-ring (bicyclic) bond motifs is 6. The molecule has 0 saturated heterocycles. The standard InChI is InChI=1S/C50H50N6/c1-28-29(2)31(4)47(32(5)30(28)3)42-27-41(53-54-42)40-20-19-38-39-24-33(49(6,7)8)16-21-44(39)55(48(38)52-40)35-17-18-37-36-14-12-13-15-43(36)56(45(37)26-35)46-25-34(22-23-51-46)50(9,10)11/h12-27H,1-11H3,(H,53,54). The van der Waals surface area contributed by atoms with Gasteiger partial charge in [-0.3, -0.25) is 14.2 Å². The van der Waals surface area contributed by atoms with Crippen molar-refractivity contribution in [2.24, 2.45) is 0 Å². The third-order valence-corrected chi connectivity index (χ3v) is 12.3. The lowest BCUT2D eigenvalue weighted by Crippen LogP contribution is -2.12. The van der Waals surface area contributed by atoms with Crippen molar-refractivity contribution >= 4 is 43.7 Å². The van der Waals surface area contributed by atoms with Gasteiger partial charge in [-0.25, -0.2) is 9.97 Å². The number of aromatic amines is 1. The molecule has 1 N–H and O–H groups in total. The molecule has 9 rings (SSSR count). The third kappa shape index (κ3) is 5.49. The maximum atomic E-state index is 5.47. The quantitative estimate of drug-likeness (QED) is 0.196. The third-order valence-electron chi connectivity index (χ3n) is 12.3. The summed E-state index contributed by atoms with van der Waals surface area (Å²) in [5.41, 5.74) is 18.3. The maximum absolute atomic E-state index is 5.47. The lowest BCUT2D eigenvalue weighted by Gasteiger charge is -2.20. The molecular weight excluding hydrogens is 685 g/mol. The summed E-state index contributed by atoms with van der Waals surface area (Å²) in [6, 6.07) is 33.3. The number of aromatic nitrogens is 6. The van der Waals surface area contributed by atoms with Crippen LogP contribution in [0.4, 0.5) is 0 Å². The lowest BCUT2D eigenvalue weighted by molar-refractivity contribution is 0.588. The molecule has 5 aromatic heterocycles. The zero-order chi connectivity index (χ0) is 39.4. The normalized spacial score (nSPS) is 12.6. The molecule has 6 heteroatoms. The molecular formula is C50H50N6. The molecule has 0 bridgehead atoms. The molecule has 0 radical (unpaired) electrons. The van der Waals surface area contributed by atoms with E-state index in [2.05, 4.69) is 181 Å². The number of nitrogens with zero attached hydrogens (tertiary/aromatic N) is 5. The maximum Gasteiger partial charge on any atom is 0.146 e. The molecule has 9 aromatic rings. The Morgan fingerprint density at radius 1 is 0.518 bits per heavy atom. The van der Waals surface area contributed by atoms with Crippen LogP contribution in [0, 0.1) is 34.6 Å². The summed E-state index contributed by atoms with van der Waals surface area (Å²) in [5, 5.41) is 12.9. The summed E-state index contributed by atoms with van der Waals surface area (Å²) in [7, 11) is 0. The summed E-state index contributed by atoms with van der Waals surface area (Å²) in [6.07, 6.45) is 1.94. The van der Waals surface area contributed by atoms with Crippen molar-refractivity contribution < 1.29 is 0 Å². The predicted molar refractivity (Wildman–Crippen MR) is 235 cm³/mol. The van der Waals surface area contributed by atoms with Gasteiger partial charge in [-0.2, -0.15) is 5.10 Å². The zero-order valence-corrected chi connectivity index (χ0v) is 34.5. The highest BCUT2D eigenvalue weighted by Crippen LogP contribution is 2.40. The minimum Gasteiger partial charge on any atom is -0.294 e. The first-order valence-electron chi connectivity index (χ1n) is 19.7. The number of hydrogen-bond acceptors (Lipinski definition) is 3. The average molecular weight is 735 g/mol. The molecule has 280 valence electrons. The Morgan fingerprint density at radius 2 is 1.16 bits per heavy atom. The molecule has 0 aliphatic carbocycles. The van der Waals surface area contributed by atoms with Crippen molar-refractivity contribution in [3.8, 4) is 34.2 Å². The van der Waals surface area contributed by atoms with Gasteiger partial charge in [0, 0.05) is 39.0 Å². The Hall–Kier alpha value is -6.01. The van der Waals surface area contributed by atoms with E-state index in [4.69, 9.17) is 15.1 Å². The fourth-order valence-corrected chi connectivity index (χ4v) is 8.59. The number of benzene rings is 4. The van der Waals surface area contributed by atoms with Crippen molar-refractivity contribution in [1.82, 2.24) is 29.3 Å². The highest BCUT2D eigenvalue weighted by atomic mass is 15.1. The first-order valence-corrected chi connectivity index (χ1v) is 19.7. The van der Waals surface area contributed by atoms with Crippen molar-refractivity contribution in [3.05, 3.63) is 136 Å². The van der Waals surface area contributed by atoms with Crippen LogP contribution < -0.4 is 0 Å². The van der Waals surface area contributed by atoms with E-state index < -0.39 is 0 Å². The first kappa shape index (κ1) is 35.7. The predicted octanol–water partition coefficient (Wildman–Crippen LogP) is 12.9. The summed E-state index contributed by atoms with van der Waals surface area (Å²) >= 11 is 0. The number of para-hydroxylation sites is 1. The number of rotatable bonds is 4. The van der Waals surface area contributed by atoms with Crippen molar-refractivity contribution in [2.45, 2.75) is 87.0 Å². The molecule has 0 unspecified atom stereocenters. The van der Waals surface area contributed by atoms with Gasteiger partial charge in [0.25, 0.3) is 0 Å². The van der Waals surface area contributed by atoms with Gasteiger partial charge in [-0.15, -0.1) is 0 Å². The van der Waals surface area contributed by atoms with E-state index in [-0.39, 0.29) is 10.8 Å². The van der Waals surface area contributed by atoms with E-state index in [1.165, 1.54) is 60.7 Å². The van der Waals surface area contributed by atoms with E-state index in [9.17, 15) is 0 Å². The average Bonchev–Trinajstić information content (AvgIpc) is 3.88. The summed E-state index contributed by atoms with van der Waals surface area (Å²) in [5.74, 6) is 0.915. The second-order valence-electron chi connectivity index (χ2n) is 17.8. The lowest BCUT2D eigenvalue weighted by atomic mass is 9.86. The van der Waals surface area contributed by atoms with Crippen LogP contribution in [0.2, 0.25) is 0 Å². The van der Waals surface area contributed by atoms with Gasteiger partial charge in [0.15, 0.2) is 0 Å². The van der Waals surface area contributed by atoms with E-state index in [0.717, 1.165) is 56.2 Å². The SMILES string of the molecule is Cc1c(C)c(C)c(-c2cc(-c3ccc4c5cc(C(C)(C)C)ccc5n(-c5ccc6c7ccccc7n(-c7cc(C(C)(C)C)ccn7)c6c5)c4n3)[nH]n2)c(C)c1C. The van der Waals surface area contributed by atoms with E-state index in [1.807, 2.05) is 6.20 Å². The Bertz CT molecular complexity index is 3010. The van der Waals surface area contributed by atoms with Crippen LogP contribution in [0.25, 0.3) is 77.9 Å². The monoisotopic (exact) mass is 734 g/mol. The number of nitrogens with one attached hydrogen (secondary N) is 1. The van der Waals surface area contributed by atoms with Crippen molar-refractivity contribution in [2.75, 3.05) is 0 Å². The Labute approximate surface area is 329 Å². The Morgan fingerprint density at radius 3 is 1.89 bits per heavy atom. The number of H-pyrrole nitrogens is 1. The second kappa shape index (κ2) is 12.5. The van der Waals surface area contributed by atoms with Crippen LogP contribution in [0.1, 0.15) is 80.5 Å². The van der Waals surface area contributed by atoms with Crippen LogP contribution in [-0.2, 0) is 10.8 Å². The summed E-state index contributed by atoms with van der Waals surface area (Å²) < 4.78 is 4.65. The highest BCUT2D eigenvalue weighted by Gasteiger charge is 2.23. The fraction of sp³-hybridized carbons (Fsp3) is 0.260. The van der Waals surface area contributed by atoms with Gasteiger partial charge >= 0.3 is 0 Å². The zero-order valence-electron chi connectivity index (χ0n) is 34.5. The molecule has 4 aromatic carbocycles. The van der Waals surface area contributed by atoms with Crippen molar-refractivity contribution in [1.29, 1.82) is 0 Å². The van der Waals surface area contributed by atoms with Gasteiger partial charge in [0.05, 0.1) is 33.6 Å². The van der Waals surface area contributed by atoms with Gasteiger partial charge in [0.2, 0.25) is 0 Å². The number of pyridine rings is 2. The molecule has 6 nitrogen and oxygen atoms in total. The topological polar surface area (TPSA) is 64.3 Å². The van der Waals surface area contributed by atoms with Crippen LogP contribution in [0.5, 0.6) is 0 Å². The number of hydrogen-bond donors (Lipinski definition) is 1. The molecule has 0 fully saturated rings. The largest absolute Gasteiger partial charge is 0.294 e. The molecule has 0 aliphatic rings. The van der Waals surface area contributed by atoms with Gasteiger partial charge < -0.3 is 0 Å². The van der Waals surface area contributed by atoms with Crippen LogP contribution >= 0.6 is 0 Å². The Balaban J connectivity index is 1.28. The van der Waals surface area contributed by atoms with Crippen LogP contribution in [0.3, 0.4) is 0 Å². The molecule has 5 heterocycles. The molecule has 0 saturated carbocycles. The summed E-state index contributed by atoms with van der Waals surface area (Å²) in [4.78, 5) is 10.4. The molecule has 0 atom stereocenters. The van der Waals surface area contributed by atoms with Gasteiger partial charge in [-0.05, 0) is 145 Å². The molecule has 0 amide bonds. The minimum atomic E-state index is -0.00896. The second-order valence-corrected chi connectivity index (χ2v) is 17.8. The van der Waals surface area contributed by atoms with E-state index in [1.54, 1.807) is 0 Å². The van der Waals surface area contributed by atoms with Gasteiger partial charge in [-0.1, -0.05) is 71.9 Å². The summed E-state index contributed by atoms with van der Waals surface area (Å²) in [6.45, 7) is 24.6. The van der Waals surface area contributed by atoms with Crippen LogP contribution in [-0.4, -0.2) is 29.3 Å². The molecule has 0 spiro atoms. The minimum absolute atomic E-state index is 0.000308. The van der Waals surface area contributed by atoms with Gasteiger partial charge in [0.1, 0.15) is 11.5 Å². The van der Waals surface area contributed by atoms with E-state index >= 15 is 0 Å². The Kier molecular flexibility index (Phi) is 7.97. The fourth-order valence-electron chi connectivity index (χ4n) is 8.59. The smallest absolute Gasteiger partial charge is 0.146 e. The molecule has 0 aliphatic heterocycles. The van der Waals surface area contributed by atoms with E-state index in [0.29, 0.717) is 0 Å².